The predicted octanol–water partition coefficient (Wildman–Crippen LogP) is 2.65. The highest BCUT2D eigenvalue weighted by atomic mass is 32.2. The highest BCUT2D eigenvalue weighted by Crippen LogP contribution is 2.21. The maximum atomic E-state index is 11.9. The van der Waals surface area contributed by atoms with Crippen LogP contribution in [0.15, 0.2) is 39.8 Å². The van der Waals surface area contributed by atoms with Crippen molar-refractivity contribution in [2.24, 2.45) is 0 Å². The number of aromatic nitrogens is 1. The Kier molecular flexibility index (Phi) is 6.25. The molecule has 1 aromatic heterocycles. The number of thioether (sulfide) groups is 1. The van der Waals surface area contributed by atoms with E-state index in [1.165, 1.54) is 18.7 Å². The molecule has 0 aliphatic carbocycles. The average molecular weight is 350 g/mol. The van der Waals surface area contributed by atoms with Crippen molar-refractivity contribution in [1.29, 1.82) is 0 Å². The third-order valence-electron chi connectivity index (χ3n) is 2.97. The molecule has 0 fully saturated rings. The van der Waals surface area contributed by atoms with Crippen LogP contribution in [-0.2, 0) is 14.3 Å². The van der Waals surface area contributed by atoms with Crippen LogP contribution in [0.5, 0.6) is 5.75 Å². The molecule has 0 bridgehead atoms. The molecule has 0 spiro atoms. The fourth-order valence-corrected chi connectivity index (χ4v) is 2.43. The van der Waals surface area contributed by atoms with Gasteiger partial charge in [0.05, 0.1) is 12.9 Å². The minimum atomic E-state index is -0.925. The Morgan fingerprint density at radius 3 is 2.62 bits per heavy atom. The van der Waals surface area contributed by atoms with Gasteiger partial charge in [0.1, 0.15) is 11.5 Å². The molecule has 8 heteroatoms. The van der Waals surface area contributed by atoms with Crippen LogP contribution in [0.3, 0.4) is 0 Å². The van der Waals surface area contributed by atoms with Gasteiger partial charge in [0, 0.05) is 11.0 Å². The molecule has 24 heavy (non-hydrogen) atoms. The molecule has 7 nitrogen and oxygen atoms in total. The molecule has 1 atom stereocenters. The number of methoxy groups -OCH3 is 1. The van der Waals surface area contributed by atoms with E-state index in [1.54, 1.807) is 20.1 Å². The van der Waals surface area contributed by atoms with Gasteiger partial charge in [-0.15, -0.1) is 11.8 Å². The van der Waals surface area contributed by atoms with Gasteiger partial charge >= 0.3 is 5.97 Å². The monoisotopic (exact) mass is 350 g/mol. The Balaban J connectivity index is 1.77. The number of rotatable bonds is 7. The first kappa shape index (κ1) is 17.9. The van der Waals surface area contributed by atoms with E-state index < -0.39 is 18.0 Å². The lowest BCUT2D eigenvalue weighted by atomic mass is 10.3. The van der Waals surface area contributed by atoms with Crippen molar-refractivity contribution in [3.63, 3.8) is 0 Å². The van der Waals surface area contributed by atoms with Gasteiger partial charge in [-0.05, 0) is 38.1 Å². The number of carbonyl (C=O) groups excluding carboxylic acids is 2. The molecule has 2 rings (SSSR count). The minimum Gasteiger partial charge on any atom is -0.497 e. The number of amides is 1. The van der Waals surface area contributed by atoms with Crippen LogP contribution in [0.25, 0.3) is 0 Å². The highest BCUT2D eigenvalue weighted by Gasteiger charge is 2.19. The fraction of sp³-hybridized carbons (Fsp3) is 0.312. The number of esters is 1. The highest BCUT2D eigenvalue weighted by molar-refractivity contribution is 8.00. The molecule has 0 aliphatic rings. The normalized spacial score (nSPS) is 11.6. The molecule has 128 valence electrons. The van der Waals surface area contributed by atoms with Crippen molar-refractivity contribution in [3.05, 3.63) is 36.1 Å². The van der Waals surface area contributed by atoms with E-state index in [0.717, 1.165) is 10.6 Å². The summed E-state index contributed by atoms with van der Waals surface area (Å²) in [5.74, 6) is 0.766. The first-order valence-electron chi connectivity index (χ1n) is 7.18. The molecule has 2 aromatic rings. The Morgan fingerprint density at radius 2 is 2.04 bits per heavy atom. The van der Waals surface area contributed by atoms with Gasteiger partial charge < -0.3 is 19.3 Å². The largest absolute Gasteiger partial charge is 0.497 e. The predicted molar refractivity (Wildman–Crippen MR) is 89.1 cm³/mol. The van der Waals surface area contributed by atoms with Gasteiger partial charge in [-0.3, -0.25) is 9.59 Å². The lowest BCUT2D eigenvalue weighted by molar-refractivity contribution is -0.150. The topological polar surface area (TPSA) is 90.7 Å². The lowest BCUT2D eigenvalue weighted by Gasteiger charge is -2.12. The molecule has 0 unspecified atom stereocenters. The zero-order valence-corrected chi connectivity index (χ0v) is 14.4. The van der Waals surface area contributed by atoms with E-state index in [-0.39, 0.29) is 11.6 Å². The van der Waals surface area contributed by atoms with Crippen LogP contribution in [0.1, 0.15) is 12.7 Å². The maximum absolute atomic E-state index is 11.9. The Hall–Kier alpha value is -2.48. The second kappa shape index (κ2) is 8.39. The van der Waals surface area contributed by atoms with E-state index in [4.69, 9.17) is 14.0 Å². The molecule has 1 heterocycles. The van der Waals surface area contributed by atoms with Crippen molar-refractivity contribution >= 4 is 29.5 Å². The van der Waals surface area contributed by atoms with Gasteiger partial charge in [-0.25, -0.2) is 0 Å². The maximum Gasteiger partial charge on any atom is 0.317 e. The number of hydrogen-bond acceptors (Lipinski definition) is 7. The summed E-state index contributed by atoms with van der Waals surface area (Å²) in [6.07, 6.45) is -0.925. The van der Waals surface area contributed by atoms with Gasteiger partial charge in [-0.2, -0.15) is 0 Å². The van der Waals surface area contributed by atoms with Gasteiger partial charge in [0.2, 0.25) is 0 Å². The van der Waals surface area contributed by atoms with Gasteiger partial charge in [0.25, 0.3) is 5.91 Å². The molecule has 1 amide bonds. The molecular weight excluding hydrogens is 332 g/mol. The summed E-state index contributed by atoms with van der Waals surface area (Å²) in [6, 6.07) is 8.89. The molecule has 0 saturated heterocycles. The lowest BCUT2D eigenvalue weighted by Crippen LogP contribution is -2.30. The molecule has 0 radical (unpaired) electrons. The van der Waals surface area contributed by atoms with Crippen LogP contribution in [0.4, 0.5) is 5.82 Å². The number of anilines is 1. The standard InChI is InChI=1S/C16H18N2O5S/c1-10-8-14(18-23-10)17-16(20)11(2)22-15(19)9-24-13-6-4-12(21-3)5-7-13/h4-8,11H,9H2,1-3H3,(H,17,18,20)/t11-/m1/s1. The Morgan fingerprint density at radius 1 is 1.33 bits per heavy atom. The van der Waals surface area contributed by atoms with Gasteiger partial charge in [0.15, 0.2) is 11.9 Å². The first-order chi connectivity index (χ1) is 11.5. The summed E-state index contributed by atoms with van der Waals surface area (Å²) >= 11 is 1.32. The van der Waals surface area contributed by atoms with Crippen LogP contribution >= 0.6 is 11.8 Å². The third kappa shape index (κ3) is 5.31. The van der Waals surface area contributed by atoms with Crippen molar-refractivity contribution in [2.75, 3.05) is 18.2 Å². The number of benzene rings is 1. The second-order valence-corrected chi connectivity index (χ2v) is 5.96. The smallest absolute Gasteiger partial charge is 0.317 e. The molecule has 1 aromatic carbocycles. The number of ether oxygens (including phenoxy) is 2. The zero-order valence-electron chi connectivity index (χ0n) is 13.6. The summed E-state index contributed by atoms with van der Waals surface area (Å²) in [7, 11) is 1.59. The number of aryl methyl sites for hydroxylation is 1. The Labute approximate surface area is 143 Å². The average Bonchev–Trinajstić information content (AvgIpc) is 2.98. The van der Waals surface area contributed by atoms with Crippen LogP contribution in [-0.4, -0.2) is 36.0 Å². The zero-order chi connectivity index (χ0) is 17.5. The Bertz CT molecular complexity index is 699. The number of nitrogens with zero attached hydrogens (tertiary/aromatic N) is 1. The fourth-order valence-electron chi connectivity index (χ4n) is 1.75. The number of nitrogens with one attached hydrogen (secondary N) is 1. The second-order valence-electron chi connectivity index (χ2n) is 4.91. The summed E-state index contributed by atoms with van der Waals surface area (Å²) in [4.78, 5) is 24.6. The van der Waals surface area contributed by atoms with Crippen LogP contribution in [0, 0.1) is 6.92 Å². The molecule has 0 aliphatic heterocycles. The quantitative estimate of drug-likeness (QED) is 0.606. The van der Waals surface area contributed by atoms with Crippen LogP contribution in [0.2, 0.25) is 0 Å². The number of carbonyl (C=O) groups is 2. The van der Waals surface area contributed by atoms with Gasteiger partial charge in [-0.1, -0.05) is 5.16 Å². The molecule has 1 N–H and O–H groups in total. The minimum absolute atomic E-state index is 0.104. The molecule has 0 saturated carbocycles. The van der Waals surface area contributed by atoms with Crippen molar-refractivity contribution in [3.8, 4) is 5.75 Å². The van der Waals surface area contributed by atoms with Crippen molar-refractivity contribution < 1.29 is 23.6 Å². The van der Waals surface area contributed by atoms with E-state index >= 15 is 0 Å². The van der Waals surface area contributed by atoms with E-state index in [9.17, 15) is 9.59 Å². The summed E-state index contributed by atoms with van der Waals surface area (Å²) < 4.78 is 15.0. The molecular formula is C16H18N2O5S. The van der Waals surface area contributed by atoms with Crippen molar-refractivity contribution in [2.45, 2.75) is 24.8 Å². The third-order valence-corrected chi connectivity index (χ3v) is 3.96. The van der Waals surface area contributed by atoms with Crippen molar-refractivity contribution in [1.82, 2.24) is 5.16 Å². The summed E-state index contributed by atoms with van der Waals surface area (Å²) in [5, 5.41) is 6.16. The van der Waals surface area contributed by atoms with E-state index in [2.05, 4.69) is 10.5 Å². The summed E-state index contributed by atoms with van der Waals surface area (Å²) in [6.45, 7) is 3.21. The summed E-state index contributed by atoms with van der Waals surface area (Å²) in [5.41, 5.74) is 0. The van der Waals surface area contributed by atoms with E-state index in [1.807, 2.05) is 24.3 Å². The number of hydrogen-bond donors (Lipinski definition) is 1. The van der Waals surface area contributed by atoms with Crippen LogP contribution < -0.4 is 10.1 Å². The SMILES string of the molecule is COc1ccc(SCC(=O)O[C@H](C)C(=O)Nc2cc(C)on2)cc1. The first-order valence-corrected chi connectivity index (χ1v) is 8.17. The van der Waals surface area contributed by atoms with E-state index in [0.29, 0.717) is 5.76 Å².